The molecule has 1 aliphatic carbocycles. The Kier molecular flexibility index (Phi) is 13.5. The van der Waals surface area contributed by atoms with Gasteiger partial charge in [-0.05, 0) is 79.1 Å². The lowest BCUT2D eigenvalue weighted by molar-refractivity contribution is -0.757. The number of benzene rings is 3. The quantitative estimate of drug-likeness (QED) is 0.0766. The first-order chi connectivity index (χ1) is 24.6. The molecule has 0 atom stereocenters. The standard InChI is InChI=1S/C36H38Cl3N3O9/c1-47-33-21-26(37)9-14-32(33)49-20-19-48-28-12-7-24(8-13-28)29-15-16-40(36(44)50-17-2-3-18-51-42(45)46)23-30(29)35(43)41(27-10-11-27)22-25-5-4-6-31(38)34(25)39/h4-9,12-14,21,27H,2-3,10-11,15-20,22-23H2,1H3. The minimum atomic E-state index is -0.856. The molecule has 0 unspecified atom stereocenters. The van der Waals surface area contributed by atoms with E-state index in [0.717, 1.165) is 29.5 Å². The summed E-state index contributed by atoms with van der Waals surface area (Å²) in [7, 11) is 1.54. The maximum absolute atomic E-state index is 14.4. The van der Waals surface area contributed by atoms with Gasteiger partial charge < -0.3 is 33.6 Å². The molecule has 1 saturated carbocycles. The second-order valence-electron chi connectivity index (χ2n) is 11.9. The molecule has 1 fully saturated rings. The van der Waals surface area contributed by atoms with Crippen LogP contribution in [0.2, 0.25) is 15.1 Å². The summed E-state index contributed by atoms with van der Waals surface area (Å²) in [6.45, 7) is 1.19. The molecular formula is C36H38Cl3N3O9. The van der Waals surface area contributed by atoms with Crippen LogP contribution in [0.15, 0.2) is 66.2 Å². The van der Waals surface area contributed by atoms with E-state index in [4.69, 9.17) is 53.8 Å². The van der Waals surface area contributed by atoms with E-state index >= 15 is 0 Å². The van der Waals surface area contributed by atoms with Gasteiger partial charge in [0, 0.05) is 35.8 Å². The van der Waals surface area contributed by atoms with E-state index in [0.29, 0.717) is 63.7 Å². The molecule has 51 heavy (non-hydrogen) atoms. The Morgan fingerprint density at radius 1 is 0.941 bits per heavy atom. The summed E-state index contributed by atoms with van der Waals surface area (Å²) < 4.78 is 22.5. The lowest BCUT2D eigenvalue weighted by atomic mass is 9.92. The third kappa shape index (κ3) is 10.6. The first-order valence-electron chi connectivity index (χ1n) is 16.5. The normalized spacial score (nSPS) is 14.2. The summed E-state index contributed by atoms with van der Waals surface area (Å²) in [4.78, 5) is 45.5. The molecule has 0 bridgehead atoms. The van der Waals surface area contributed by atoms with E-state index in [2.05, 4.69) is 4.84 Å². The third-order valence-electron chi connectivity index (χ3n) is 8.38. The van der Waals surface area contributed by atoms with Crippen LogP contribution in [0.1, 0.15) is 43.2 Å². The number of halogens is 3. The molecule has 5 rings (SSSR count). The number of unbranched alkanes of at least 4 members (excludes halogenated alkanes) is 1. The van der Waals surface area contributed by atoms with Gasteiger partial charge in [0.2, 0.25) is 0 Å². The number of carbonyl (C=O) groups excluding carboxylic acids is 2. The second-order valence-corrected chi connectivity index (χ2v) is 13.1. The highest BCUT2D eigenvalue weighted by molar-refractivity contribution is 6.42. The van der Waals surface area contributed by atoms with Gasteiger partial charge in [-0.3, -0.25) is 4.79 Å². The van der Waals surface area contributed by atoms with Crippen molar-refractivity contribution in [2.45, 2.75) is 44.7 Å². The Bertz CT molecular complexity index is 1730. The van der Waals surface area contributed by atoms with Crippen molar-refractivity contribution in [1.82, 2.24) is 9.80 Å². The molecule has 2 aliphatic rings. The number of hydrogen-bond acceptors (Lipinski definition) is 9. The maximum Gasteiger partial charge on any atom is 0.410 e. The molecule has 1 aliphatic heterocycles. The van der Waals surface area contributed by atoms with Gasteiger partial charge in [0.25, 0.3) is 11.0 Å². The topological polar surface area (TPSA) is 130 Å². The van der Waals surface area contributed by atoms with Gasteiger partial charge in [0.1, 0.15) is 19.0 Å². The average molecular weight is 763 g/mol. The van der Waals surface area contributed by atoms with Crippen LogP contribution in [0.25, 0.3) is 5.57 Å². The SMILES string of the molecule is COc1cc(Cl)ccc1OCCOc1ccc(C2=C(C(=O)N(Cc3cccc(Cl)c3Cl)C3CC3)CN(C(=O)OCCCCO[N+](=O)[O-])CC2)cc1. The van der Waals surface area contributed by atoms with Crippen LogP contribution in [0.5, 0.6) is 17.2 Å². The summed E-state index contributed by atoms with van der Waals surface area (Å²) in [5.74, 6) is 1.52. The molecule has 12 nitrogen and oxygen atoms in total. The van der Waals surface area contributed by atoms with Crippen molar-refractivity contribution in [2.24, 2.45) is 0 Å². The molecule has 3 aromatic carbocycles. The highest BCUT2D eigenvalue weighted by atomic mass is 35.5. The van der Waals surface area contributed by atoms with Crippen LogP contribution in [-0.4, -0.2) is 79.6 Å². The zero-order valence-corrected chi connectivity index (χ0v) is 30.3. The smallest absolute Gasteiger partial charge is 0.410 e. The van der Waals surface area contributed by atoms with Crippen LogP contribution < -0.4 is 14.2 Å². The molecule has 1 heterocycles. The number of methoxy groups -OCH3 is 1. The Hall–Kier alpha value is -4.39. The molecule has 2 amide bonds. The summed E-state index contributed by atoms with van der Waals surface area (Å²) in [6, 6.07) is 18.0. The lowest BCUT2D eigenvalue weighted by Crippen LogP contribution is -2.43. The molecular weight excluding hydrogens is 725 g/mol. The molecule has 0 N–H and O–H groups in total. The van der Waals surface area contributed by atoms with Gasteiger partial charge in [0.15, 0.2) is 11.5 Å². The van der Waals surface area contributed by atoms with Gasteiger partial charge in [0.05, 0.1) is 36.9 Å². The van der Waals surface area contributed by atoms with Crippen LogP contribution in [0.3, 0.4) is 0 Å². The van der Waals surface area contributed by atoms with E-state index < -0.39 is 11.2 Å². The largest absolute Gasteiger partial charge is 0.493 e. The van der Waals surface area contributed by atoms with E-state index in [1.807, 2.05) is 35.2 Å². The highest BCUT2D eigenvalue weighted by Crippen LogP contribution is 2.36. The summed E-state index contributed by atoms with van der Waals surface area (Å²) in [6.07, 6.45) is 2.33. The second kappa shape index (κ2) is 18.2. The number of carbonyl (C=O) groups is 2. The van der Waals surface area contributed by atoms with Crippen molar-refractivity contribution < 1.29 is 38.5 Å². The van der Waals surface area contributed by atoms with E-state index in [1.165, 1.54) is 4.90 Å². The van der Waals surface area contributed by atoms with Crippen molar-refractivity contribution in [1.29, 1.82) is 0 Å². The summed E-state index contributed by atoms with van der Waals surface area (Å²) in [5, 5.41) is 10.9. The predicted octanol–water partition coefficient (Wildman–Crippen LogP) is 7.89. The lowest BCUT2D eigenvalue weighted by Gasteiger charge is -2.33. The number of amides is 2. The van der Waals surface area contributed by atoms with Gasteiger partial charge in [-0.2, -0.15) is 0 Å². The summed E-state index contributed by atoms with van der Waals surface area (Å²) in [5.41, 5.74) is 2.89. The molecule has 0 aromatic heterocycles. The fourth-order valence-corrected chi connectivity index (χ4v) is 6.17. The van der Waals surface area contributed by atoms with Gasteiger partial charge in [-0.1, -0.05) is 59.1 Å². The average Bonchev–Trinajstić information content (AvgIpc) is 3.98. The van der Waals surface area contributed by atoms with Crippen LogP contribution in [0, 0.1) is 10.1 Å². The van der Waals surface area contributed by atoms with Gasteiger partial charge >= 0.3 is 6.09 Å². The zero-order chi connectivity index (χ0) is 36.3. The first-order valence-corrected chi connectivity index (χ1v) is 17.6. The molecule has 0 spiro atoms. The van der Waals surface area contributed by atoms with Crippen molar-refractivity contribution in [3.63, 3.8) is 0 Å². The molecule has 0 radical (unpaired) electrons. The van der Waals surface area contributed by atoms with E-state index in [-0.39, 0.29) is 51.5 Å². The molecule has 0 saturated heterocycles. The Morgan fingerprint density at radius 3 is 2.41 bits per heavy atom. The Labute approximate surface area is 310 Å². The molecule has 272 valence electrons. The van der Waals surface area contributed by atoms with Crippen molar-refractivity contribution in [3.05, 3.63) is 103 Å². The van der Waals surface area contributed by atoms with Gasteiger partial charge in [-0.15, -0.1) is 10.1 Å². The van der Waals surface area contributed by atoms with Crippen LogP contribution in [0.4, 0.5) is 4.79 Å². The zero-order valence-electron chi connectivity index (χ0n) is 28.0. The minimum absolute atomic E-state index is 0.0378. The third-order valence-corrected chi connectivity index (χ3v) is 9.47. The number of rotatable bonds is 17. The van der Waals surface area contributed by atoms with Gasteiger partial charge in [-0.25, -0.2) is 4.79 Å². The highest BCUT2D eigenvalue weighted by Gasteiger charge is 2.37. The fourth-order valence-electron chi connectivity index (χ4n) is 5.63. The van der Waals surface area contributed by atoms with E-state index in [1.54, 1.807) is 37.4 Å². The maximum atomic E-state index is 14.4. The van der Waals surface area contributed by atoms with Crippen molar-refractivity contribution in [2.75, 3.05) is 46.6 Å². The number of ether oxygens (including phenoxy) is 4. The predicted molar refractivity (Wildman–Crippen MR) is 192 cm³/mol. The number of hydrogen-bond donors (Lipinski definition) is 0. The van der Waals surface area contributed by atoms with Crippen molar-refractivity contribution >= 4 is 52.4 Å². The Morgan fingerprint density at radius 2 is 1.69 bits per heavy atom. The van der Waals surface area contributed by atoms with Crippen LogP contribution in [-0.2, 0) is 20.9 Å². The summed E-state index contributed by atoms with van der Waals surface area (Å²) >= 11 is 18.9. The monoisotopic (exact) mass is 761 g/mol. The number of nitrogens with zero attached hydrogens (tertiary/aromatic N) is 3. The minimum Gasteiger partial charge on any atom is -0.493 e. The molecule has 15 heteroatoms. The van der Waals surface area contributed by atoms with E-state index in [9.17, 15) is 19.7 Å². The molecule has 3 aromatic rings. The first kappa shape index (κ1) is 37.9. The van der Waals surface area contributed by atoms with Crippen molar-refractivity contribution in [3.8, 4) is 17.2 Å². The fraction of sp³-hybridized carbons (Fsp3) is 0.389. The van der Waals surface area contributed by atoms with Crippen LogP contribution >= 0.6 is 34.8 Å². The Balaban J connectivity index is 1.30.